The molecule has 7 rings (SSSR count). The van der Waals surface area contributed by atoms with E-state index in [4.69, 9.17) is 18.9 Å². The summed E-state index contributed by atoms with van der Waals surface area (Å²) in [6.45, 7) is 6.68. The number of Topliss-reactive ketones (excluding diaryl/α,β-unsaturated/α-hetero) is 1. The molecule has 0 aliphatic heterocycles. The lowest BCUT2D eigenvalue weighted by molar-refractivity contribution is -0.143. The van der Waals surface area contributed by atoms with Crippen LogP contribution in [0.2, 0.25) is 0 Å². The van der Waals surface area contributed by atoms with Crippen LogP contribution in [0.5, 0.6) is 5.75 Å². The molecule has 1 N–H and O–H groups in total. The number of hydrogen-bond donors (Lipinski definition) is 1. The van der Waals surface area contributed by atoms with Gasteiger partial charge in [-0.25, -0.2) is 4.39 Å². The smallest absolute Gasteiger partial charge is 0.319 e. The lowest BCUT2D eigenvalue weighted by Gasteiger charge is -2.33. The monoisotopic (exact) mass is 1110 g/mol. The predicted molar refractivity (Wildman–Crippen MR) is 331 cm³/mol. The van der Waals surface area contributed by atoms with E-state index in [0.717, 1.165) is 76.6 Å². The number of unbranched alkanes of at least 4 members (excludes halogenated alkanes) is 27. The van der Waals surface area contributed by atoms with E-state index in [0.29, 0.717) is 17.9 Å². The van der Waals surface area contributed by atoms with Crippen molar-refractivity contribution in [3.63, 3.8) is 0 Å². The fraction of sp³-hybridized carbons (Fsp3) is 0.562. The van der Waals surface area contributed by atoms with Crippen molar-refractivity contribution >= 4 is 11.8 Å². The number of ether oxygens (including phenoxy) is 4. The Hall–Kier alpha value is -5.15. The number of carbonyl (C=O) groups is 2. The van der Waals surface area contributed by atoms with Crippen LogP contribution < -0.4 is 10.1 Å². The molecule has 5 aromatic carbocycles. The summed E-state index contributed by atoms with van der Waals surface area (Å²) in [5, 5.41) is 3.10. The molecule has 2 unspecified atom stereocenters. The van der Waals surface area contributed by atoms with Crippen molar-refractivity contribution in [1.82, 2.24) is 5.32 Å². The number of esters is 1. The second-order valence-electron chi connectivity index (χ2n) is 23.5. The van der Waals surface area contributed by atoms with Crippen LogP contribution in [-0.2, 0) is 29.4 Å². The Balaban J connectivity index is 0.920. The molecule has 8 heteroatoms. The fourth-order valence-corrected chi connectivity index (χ4v) is 12.4. The zero-order valence-corrected chi connectivity index (χ0v) is 50.1. The average Bonchev–Trinajstić information content (AvgIpc) is 4.20. The van der Waals surface area contributed by atoms with Crippen molar-refractivity contribution in [1.29, 1.82) is 0 Å². The third kappa shape index (κ3) is 19.5. The lowest BCUT2D eigenvalue weighted by Crippen LogP contribution is -2.42. The molecule has 7 nitrogen and oxygen atoms in total. The maximum absolute atomic E-state index is 15.4. The van der Waals surface area contributed by atoms with E-state index in [-0.39, 0.29) is 31.5 Å². The number of halogens is 1. The molecule has 0 amide bonds. The zero-order chi connectivity index (χ0) is 56.7. The van der Waals surface area contributed by atoms with E-state index in [1.54, 1.807) is 13.0 Å². The Morgan fingerprint density at radius 3 is 1.58 bits per heavy atom. The molecule has 2 aliphatic carbocycles. The first-order valence-corrected chi connectivity index (χ1v) is 32.4. The lowest BCUT2D eigenvalue weighted by atomic mass is 9.83. The molecule has 5 aromatic rings. The topological polar surface area (TPSA) is 83.1 Å². The number of nitrogens with one attached hydrogen (secondary N) is 1. The molecule has 3 atom stereocenters. The third-order valence-corrected chi connectivity index (χ3v) is 17.2. The molecular weight excluding hydrogens is 1010 g/mol. The van der Waals surface area contributed by atoms with Crippen LogP contribution in [0.15, 0.2) is 115 Å². The van der Waals surface area contributed by atoms with Crippen molar-refractivity contribution in [3.8, 4) is 28.0 Å². The molecule has 2 aliphatic rings. The summed E-state index contributed by atoms with van der Waals surface area (Å²) < 4.78 is 41.7. The number of hydrogen-bond acceptors (Lipinski definition) is 7. The summed E-state index contributed by atoms with van der Waals surface area (Å²) in [5.41, 5.74) is 7.29. The van der Waals surface area contributed by atoms with Gasteiger partial charge in [-0.05, 0) is 83.0 Å². The number of fused-ring (bicyclic) bond motifs is 6. The summed E-state index contributed by atoms with van der Waals surface area (Å²) in [6.07, 6.45) is 38.5. The van der Waals surface area contributed by atoms with Crippen molar-refractivity contribution in [2.75, 3.05) is 26.4 Å². The minimum absolute atomic E-state index is 0.0628. The van der Waals surface area contributed by atoms with Gasteiger partial charge in [0.15, 0.2) is 12.1 Å². The van der Waals surface area contributed by atoms with Gasteiger partial charge in [0.2, 0.25) is 0 Å². The number of benzene rings is 5. The second kappa shape index (κ2) is 35.8. The number of rotatable bonds is 44. The van der Waals surface area contributed by atoms with Gasteiger partial charge in [0.05, 0.1) is 19.2 Å². The molecule has 0 radical (unpaired) electrons. The van der Waals surface area contributed by atoms with Gasteiger partial charge >= 0.3 is 5.97 Å². The molecule has 0 fully saturated rings. The highest BCUT2D eigenvalue weighted by Gasteiger charge is 2.47. The van der Waals surface area contributed by atoms with Crippen molar-refractivity contribution in [3.05, 3.63) is 149 Å². The van der Waals surface area contributed by atoms with Gasteiger partial charge in [-0.15, -0.1) is 0 Å². The first-order valence-electron chi connectivity index (χ1n) is 32.4. The molecule has 0 bridgehead atoms. The maximum atomic E-state index is 15.4. The molecule has 0 heterocycles. The SMILES string of the molecule is CCCCCCCCCCCCCCCCCCCCCCOC(CCCCCCCCCCC)Oc1ccc2c(c1)C(OCC(=O)[C@H](C)NCC(=O)OCC1c3ccccc3-c3ccccc31)(c1cccc(F)c1)c1ccccc1-2. The standard InChI is InChI=1S/C73H100FNO6/c1-4-6-8-10-12-14-15-16-17-18-19-20-21-22-23-24-26-28-30-38-51-78-72(48-31-29-27-25-13-11-9-7-5-2)81-60-49-50-66-65-46-36-37-47-68(65)73(69(66)53-60,58-40-39-41-59(74)52-58)80-56-70(76)57(3)75-54-71(77)79-55-67-63-44-34-32-42-61(63)62-43-33-35-45-64(62)67/h32-37,39-47,49-50,52-53,57,67,72,75H,4-31,38,48,51,54-56H2,1-3H3/t57-,72?,73?/m0/s1. The van der Waals surface area contributed by atoms with Crippen LogP contribution in [0, 0.1) is 5.82 Å². The summed E-state index contributed by atoms with van der Waals surface area (Å²) in [7, 11) is 0. The fourth-order valence-electron chi connectivity index (χ4n) is 12.4. The normalized spacial score (nSPS) is 15.0. The van der Waals surface area contributed by atoms with E-state index in [1.165, 1.54) is 173 Å². The highest BCUT2D eigenvalue weighted by molar-refractivity contribution is 5.87. The summed E-state index contributed by atoms with van der Waals surface area (Å²) in [5.74, 6) is -0.527. The van der Waals surface area contributed by atoms with Gasteiger partial charge in [0.1, 0.15) is 30.4 Å². The Morgan fingerprint density at radius 2 is 1.02 bits per heavy atom. The van der Waals surface area contributed by atoms with E-state index in [1.807, 2.05) is 60.7 Å². The first kappa shape index (κ1) is 63.4. The van der Waals surface area contributed by atoms with E-state index >= 15 is 4.39 Å². The summed E-state index contributed by atoms with van der Waals surface area (Å²) in [4.78, 5) is 27.4. The molecular formula is C73H100FNO6. The minimum atomic E-state index is -1.34. The van der Waals surface area contributed by atoms with Crippen LogP contribution in [0.3, 0.4) is 0 Å². The first-order chi connectivity index (χ1) is 39.8. The summed E-state index contributed by atoms with van der Waals surface area (Å²) in [6, 6.07) is 36.3. The maximum Gasteiger partial charge on any atom is 0.319 e. The van der Waals surface area contributed by atoms with E-state index in [2.05, 4.69) is 55.6 Å². The van der Waals surface area contributed by atoms with Crippen molar-refractivity contribution in [2.24, 2.45) is 0 Å². The van der Waals surface area contributed by atoms with Gasteiger partial charge in [-0.2, -0.15) is 0 Å². The van der Waals surface area contributed by atoms with Gasteiger partial charge < -0.3 is 18.9 Å². The van der Waals surface area contributed by atoms with Crippen LogP contribution in [0.4, 0.5) is 4.39 Å². The molecule has 0 aromatic heterocycles. The second-order valence-corrected chi connectivity index (χ2v) is 23.5. The van der Waals surface area contributed by atoms with E-state index in [9.17, 15) is 9.59 Å². The van der Waals surface area contributed by atoms with E-state index < -0.39 is 29.7 Å². The van der Waals surface area contributed by atoms with Crippen LogP contribution in [0.25, 0.3) is 22.3 Å². The Labute approximate surface area is 488 Å². The Kier molecular flexibility index (Phi) is 28.0. The van der Waals surface area contributed by atoms with Crippen LogP contribution in [-0.4, -0.2) is 50.4 Å². The van der Waals surface area contributed by atoms with Crippen molar-refractivity contribution in [2.45, 2.75) is 237 Å². The average molecular weight is 1110 g/mol. The number of carbonyl (C=O) groups excluding carboxylic acids is 2. The van der Waals surface area contributed by atoms with Crippen molar-refractivity contribution < 1.29 is 32.9 Å². The Bertz CT molecular complexity index is 2570. The van der Waals surface area contributed by atoms with Gasteiger partial charge in [-0.3, -0.25) is 14.9 Å². The zero-order valence-electron chi connectivity index (χ0n) is 50.1. The molecule has 0 saturated carbocycles. The minimum Gasteiger partial charge on any atom is -0.465 e. The highest BCUT2D eigenvalue weighted by Crippen LogP contribution is 2.54. The molecule has 0 saturated heterocycles. The summed E-state index contributed by atoms with van der Waals surface area (Å²) >= 11 is 0. The van der Waals surface area contributed by atoms with Crippen LogP contribution >= 0.6 is 0 Å². The largest absolute Gasteiger partial charge is 0.465 e. The molecule has 0 spiro atoms. The predicted octanol–water partition coefficient (Wildman–Crippen LogP) is 19.5. The van der Waals surface area contributed by atoms with Crippen LogP contribution in [0.1, 0.15) is 247 Å². The third-order valence-electron chi connectivity index (χ3n) is 17.2. The highest BCUT2D eigenvalue weighted by atomic mass is 19.1. The van der Waals surface area contributed by atoms with Gasteiger partial charge in [-0.1, -0.05) is 278 Å². The molecule has 81 heavy (non-hydrogen) atoms. The quantitative estimate of drug-likeness (QED) is 0.0236. The van der Waals surface area contributed by atoms with Gasteiger partial charge in [0, 0.05) is 23.5 Å². The molecule has 440 valence electrons. The number of ketones is 1. The Morgan fingerprint density at radius 1 is 0.531 bits per heavy atom. The van der Waals surface area contributed by atoms with Gasteiger partial charge in [0.25, 0.3) is 0 Å².